The molecule has 28 heavy (non-hydrogen) atoms. The molecule has 2 rings (SSSR count). The molecular weight excluding hydrogens is 422 g/mol. The molecule has 0 bridgehead atoms. The molecule has 0 unspecified atom stereocenters. The molecule has 2 aromatic carbocycles. The Hall–Kier alpha value is -2.80. The van der Waals surface area contributed by atoms with Crippen molar-refractivity contribution in [3.05, 3.63) is 69.8 Å². The van der Waals surface area contributed by atoms with Gasteiger partial charge in [0.05, 0.1) is 10.9 Å². The maximum atomic E-state index is 12.1. The highest BCUT2D eigenvalue weighted by molar-refractivity contribution is 9.10. The Morgan fingerprint density at radius 1 is 0.964 bits per heavy atom. The predicted octanol–water partition coefficient (Wildman–Crippen LogP) is 3.92. The highest BCUT2D eigenvalue weighted by Crippen LogP contribution is 2.25. The molecule has 0 aliphatic rings. The molecule has 2 amide bonds. The van der Waals surface area contributed by atoms with Gasteiger partial charge in [-0.25, -0.2) is 0 Å². The minimum Gasteiger partial charge on any atom is -0.483 e. The first kappa shape index (κ1) is 21.5. The smallest absolute Gasteiger partial charge is 0.276 e. The van der Waals surface area contributed by atoms with E-state index in [-0.39, 0.29) is 24.8 Å². The zero-order valence-electron chi connectivity index (χ0n) is 16.2. The van der Waals surface area contributed by atoms with Gasteiger partial charge in [0.15, 0.2) is 6.61 Å². The van der Waals surface area contributed by atoms with Crippen molar-refractivity contribution in [2.75, 3.05) is 11.9 Å². The van der Waals surface area contributed by atoms with Gasteiger partial charge in [0, 0.05) is 11.4 Å². The van der Waals surface area contributed by atoms with Crippen molar-refractivity contribution in [1.29, 1.82) is 0 Å². The number of hydrogen-bond donors (Lipinski definition) is 3. The largest absolute Gasteiger partial charge is 0.483 e. The van der Waals surface area contributed by atoms with Gasteiger partial charge in [-0.05, 0) is 77.7 Å². The summed E-state index contributed by atoms with van der Waals surface area (Å²) in [5, 5.41) is 2.82. The molecular formula is C21H24BrN3O3. The number of hydrogen-bond acceptors (Lipinski definition) is 4. The average molecular weight is 446 g/mol. The zero-order chi connectivity index (χ0) is 20.7. The van der Waals surface area contributed by atoms with E-state index in [4.69, 9.17) is 4.74 Å². The van der Waals surface area contributed by atoms with Gasteiger partial charge in [-0.3, -0.25) is 15.0 Å². The molecule has 0 radical (unpaired) electrons. The van der Waals surface area contributed by atoms with Crippen LogP contribution in [0.15, 0.2) is 53.1 Å². The number of benzene rings is 2. The van der Waals surface area contributed by atoms with E-state index >= 15 is 0 Å². The van der Waals surface area contributed by atoms with Gasteiger partial charge >= 0.3 is 0 Å². The molecule has 0 aliphatic carbocycles. The summed E-state index contributed by atoms with van der Waals surface area (Å²) in [6, 6.07) is 11.4. The van der Waals surface area contributed by atoms with E-state index in [9.17, 15) is 9.59 Å². The Balaban J connectivity index is 1.73. The number of hydrazine groups is 1. The molecule has 7 heteroatoms. The third-order valence-corrected chi connectivity index (χ3v) is 4.32. The minimum atomic E-state index is -0.386. The maximum Gasteiger partial charge on any atom is 0.276 e. The average Bonchev–Trinajstić information content (AvgIpc) is 2.58. The first-order valence-corrected chi connectivity index (χ1v) is 9.52. The Labute approximate surface area is 173 Å². The topological polar surface area (TPSA) is 79.5 Å². The van der Waals surface area contributed by atoms with Crippen LogP contribution in [0, 0.1) is 20.8 Å². The molecule has 6 nitrogen and oxygen atoms in total. The highest BCUT2D eigenvalue weighted by atomic mass is 79.9. The summed E-state index contributed by atoms with van der Waals surface area (Å²) in [4.78, 5) is 24.0. The van der Waals surface area contributed by atoms with Crippen LogP contribution in [0.1, 0.15) is 23.1 Å². The van der Waals surface area contributed by atoms with Crippen molar-refractivity contribution >= 4 is 33.4 Å². The lowest BCUT2D eigenvalue weighted by molar-refractivity contribution is -0.124. The monoisotopic (exact) mass is 445 g/mol. The first-order chi connectivity index (χ1) is 13.2. The van der Waals surface area contributed by atoms with Crippen molar-refractivity contribution in [2.24, 2.45) is 0 Å². The third-order valence-electron chi connectivity index (χ3n) is 3.70. The van der Waals surface area contributed by atoms with Crippen LogP contribution >= 0.6 is 15.9 Å². The molecule has 0 spiro atoms. The van der Waals surface area contributed by atoms with Crippen molar-refractivity contribution in [1.82, 2.24) is 10.9 Å². The Kier molecular flexibility index (Phi) is 7.63. The summed E-state index contributed by atoms with van der Waals surface area (Å²) >= 11 is 3.39. The lowest BCUT2D eigenvalue weighted by atomic mass is 10.1. The lowest BCUT2D eigenvalue weighted by Gasteiger charge is -2.13. The van der Waals surface area contributed by atoms with Crippen molar-refractivity contribution < 1.29 is 14.3 Å². The fourth-order valence-electron chi connectivity index (χ4n) is 2.55. The van der Waals surface area contributed by atoms with Crippen molar-refractivity contribution in [3.8, 4) is 5.75 Å². The summed E-state index contributed by atoms with van der Waals surface area (Å²) in [6.45, 7) is 9.48. The molecule has 0 saturated heterocycles. The molecule has 148 valence electrons. The van der Waals surface area contributed by atoms with Gasteiger partial charge in [-0.15, -0.1) is 0 Å². The molecule has 0 saturated carbocycles. The fourth-order valence-corrected chi connectivity index (χ4v) is 3.16. The number of carbonyl (C=O) groups is 2. The molecule has 0 aliphatic heterocycles. The quantitative estimate of drug-likeness (QED) is 0.538. The molecule has 0 fully saturated rings. The second kappa shape index (κ2) is 9.94. The number of anilines is 1. The van der Waals surface area contributed by atoms with E-state index in [1.165, 1.54) is 0 Å². The van der Waals surface area contributed by atoms with Crippen LogP contribution in [-0.4, -0.2) is 18.4 Å². The third kappa shape index (κ3) is 7.08. The summed E-state index contributed by atoms with van der Waals surface area (Å²) < 4.78 is 6.24. The van der Waals surface area contributed by atoms with Crippen LogP contribution in [0.5, 0.6) is 5.75 Å². The van der Waals surface area contributed by atoms with Crippen LogP contribution in [0.3, 0.4) is 0 Å². The van der Waals surface area contributed by atoms with E-state index in [0.717, 1.165) is 26.9 Å². The molecule has 2 aromatic rings. The van der Waals surface area contributed by atoms with Gasteiger partial charge in [-0.1, -0.05) is 18.7 Å². The number of halogens is 1. The normalized spacial score (nSPS) is 10.1. The Morgan fingerprint density at radius 2 is 1.64 bits per heavy atom. The van der Waals surface area contributed by atoms with Gasteiger partial charge in [0.2, 0.25) is 5.91 Å². The molecule has 0 aromatic heterocycles. The standard InChI is InChI=1S/C21H24BrN3O3/c1-13-5-6-19(18(22)10-13)28-12-21(27)25-24-16(4)11-20(26)23-17-8-14(2)7-15(3)9-17/h5-10,24H,4,11-12H2,1-3H3,(H,23,26)(H,25,27). The van der Waals surface area contributed by atoms with E-state index in [1.54, 1.807) is 6.07 Å². The van der Waals surface area contributed by atoms with Crippen LogP contribution in [0.25, 0.3) is 0 Å². The minimum absolute atomic E-state index is 0.0254. The van der Waals surface area contributed by atoms with E-state index < -0.39 is 0 Å². The van der Waals surface area contributed by atoms with Gasteiger partial charge < -0.3 is 15.5 Å². The molecule has 0 heterocycles. The summed E-state index contributed by atoms with van der Waals surface area (Å²) in [5.41, 5.74) is 9.42. The van der Waals surface area contributed by atoms with Crippen LogP contribution < -0.4 is 20.9 Å². The summed E-state index contributed by atoms with van der Waals surface area (Å²) in [5.74, 6) is -0.0349. The number of carbonyl (C=O) groups excluding carboxylic acids is 2. The van der Waals surface area contributed by atoms with Gasteiger partial charge in [0.1, 0.15) is 5.75 Å². The lowest BCUT2D eigenvalue weighted by Crippen LogP contribution is -2.40. The number of nitrogens with one attached hydrogen (secondary N) is 3. The Morgan fingerprint density at radius 3 is 2.29 bits per heavy atom. The van der Waals surface area contributed by atoms with Crippen molar-refractivity contribution in [3.63, 3.8) is 0 Å². The van der Waals surface area contributed by atoms with E-state index in [0.29, 0.717) is 11.4 Å². The van der Waals surface area contributed by atoms with Crippen LogP contribution in [0.4, 0.5) is 5.69 Å². The summed E-state index contributed by atoms with van der Waals surface area (Å²) in [6.07, 6.45) is 0.0254. The van der Waals surface area contributed by atoms with Crippen LogP contribution in [-0.2, 0) is 9.59 Å². The second-order valence-electron chi connectivity index (χ2n) is 6.60. The summed E-state index contributed by atoms with van der Waals surface area (Å²) in [7, 11) is 0. The first-order valence-electron chi connectivity index (χ1n) is 8.72. The Bertz CT molecular complexity index is 876. The van der Waals surface area contributed by atoms with E-state index in [2.05, 4.69) is 38.7 Å². The van der Waals surface area contributed by atoms with Gasteiger partial charge in [0.25, 0.3) is 5.91 Å². The predicted molar refractivity (Wildman–Crippen MR) is 114 cm³/mol. The number of aryl methyl sites for hydroxylation is 3. The maximum absolute atomic E-state index is 12.1. The number of rotatable bonds is 8. The second-order valence-corrected chi connectivity index (χ2v) is 7.45. The molecule has 3 N–H and O–H groups in total. The van der Waals surface area contributed by atoms with Crippen LogP contribution in [0.2, 0.25) is 0 Å². The van der Waals surface area contributed by atoms with Gasteiger partial charge in [-0.2, -0.15) is 0 Å². The van der Waals surface area contributed by atoms with Crippen molar-refractivity contribution in [2.45, 2.75) is 27.2 Å². The number of ether oxygens (including phenoxy) is 1. The highest BCUT2D eigenvalue weighted by Gasteiger charge is 2.09. The fraction of sp³-hybridized carbons (Fsp3) is 0.238. The van der Waals surface area contributed by atoms with E-state index in [1.807, 2.05) is 51.1 Å². The zero-order valence-corrected chi connectivity index (χ0v) is 17.8. The molecule has 0 atom stereocenters. The number of amides is 2. The SMILES string of the molecule is C=C(CC(=O)Nc1cc(C)cc(C)c1)NNC(=O)COc1ccc(C)cc1Br.